The predicted octanol–water partition coefficient (Wildman–Crippen LogP) is 2.41. The number of nitrogen functional groups attached to an aromatic ring is 1. The van der Waals surface area contributed by atoms with E-state index in [9.17, 15) is 24.2 Å². The van der Waals surface area contributed by atoms with E-state index in [-0.39, 0.29) is 36.9 Å². The summed E-state index contributed by atoms with van der Waals surface area (Å²) in [4.78, 5) is 42.8. The molecule has 17 nitrogen and oxygen atoms in total. The summed E-state index contributed by atoms with van der Waals surface area (Å²) < 4.78 is 56.5. The number of esters is 3. The Balaban J connectivity index is 1.38. The quantitative estimate of drug-likeness (QED) is 0.140. The van der Waals surface area contributed by atoms with Crippen LogP contribution in [-0.4, -0.2) is 81.8 Å². The number of nitriles is 1. The van der Waals surface area contributed by atoms with Crippen molar-refractivity contribution in [2.75, 3.05) is 25.6 Å². The van der Waals surface area contributed by atoms with Crippen molar-refractivity contribution in [1.82, 2.24) is 19.7 Å². The Hall–Kier alpha value is -4.59. The minimum absolute atomic E-state index is 0.0442. The average Bonchev–Trinajstić information content (AvgIpc) is 3.31. The maximum Gasteiger partial charge on any atom is 0.460 e. The Morgan fingerprint density at radius 2 is 1.90 bits per heavy atom. The first-order valence-electron chi connectivity index (χ1n) is 15.6. The van der Waals surface area contributed by atoms with Crippen molar-refractivity contribution in [2.45, 2.75) is 69.2 Å². The molecule has 3 N–H and O–H groups in total. The number of aromatic nitrogens is 3. The molecule has 0 amide bonds. The number of para-hydroxylation sites is 1. The highest BCUT2D eigenvalue weighted by Gasteiger charge is 2.95. The van der Waals surface area contributed by atoms with Crippen LogP contribution in [0.3, 0.4) is 0 Å². The van der Waals surface area contributed by atoms with Gasteiger partial charge < -0.3 is 33.9 Å². The summed E-state index contributed by atoms with van der Waals surface area (Å²) in [6.45, 7) is 5.48. The first-order chi connectivity index (χ1) is 23.5. The molecule has 4 heterocycles. The normalized spacial score (nSPS) is 27.5. The lowest BCUT2D eigenvalue weighted by atomic mass is 10.0. The number of benzene rings is 1. The van der Waals surface area contributed by atoms with E-state index >= 15 is 0 Å². The minimum atomic E-state index is -4.66. The molecule has 3 aliphatic rings. The van der Waals surface area contributed by atoms with Gasteiger partial charge in [0.25, 0.3) is 0 Å². The molecule has 0 spiro atoms. The van der Waals surface area contributed by atoms with Gasteiger partial charge in [0.15, 0.2) is 18.0 Å². The molecular formula is C31H35N6O11P. The third-order valence-corrected chi connectivity index (χ3v) is 10.1. The van der Waals surface area contributed by atoms with Crippen LogP contribution in [0, 0.1) is 17.2 Å². The molecule has 1 aliphatic carbocycles. The average molecular weight is 699 g/mol. The van der Waals surface area contributed by atoms with Crippen molar-refractivity contribution >= 4 is 37.0 Å². The van der Waals surface area contributed by atoms with Gasteiger partial charge in [-0.2, -0.15) is 15.4 Å². The smallest absolute Gasteiger partial charge is 0.460 e. The molecular weight excluding hydrogens is 663 g/mol. The summed E-state index contributed by atoms with van der Waals surface area (Å²) in [5.74, 6) is -1.97. The van der Waals surface area contributed by atoms with E-state index in [1.807, 2.05) is 6.07 Å². The summed E-state index contributed by atoms with van der Waals surface area (Å²) in [6, 6.07) is 11.9. The lowest BCUT2D eigenvalue weighted by Gasteiger charge is -2.30. The standard InChI is InChI=1S/C31H35N6O11P/c1-4-23(38)44-26-25(21-11-12-22-27(33)34-17-35-37(21)22)46-30(16-32)29(31(26,30)45-24(39)5-2)48-49(41,47-20-9-7-6-8-10-20)36-18(3)28(40)43-15-19-13-42-14-19/h6-12,17-19,25-26,29H,4-5,13-15H2,1-3H3,(H,36,41)(H2,33,34,35)/t18-,25-,26-,29?,30+,31+,49-/m0/s1. The first-order valence-corrected chi connectivity index (χ1v) is 17.2. The van der Waals surface area contributed by atoms with Gasteiger partial charge in [-0.15, -0.1) is 0 Å². The van der Waals surface area contributed by atoms with Crippen molar-refractivity contribution in [3.05, 3.63) is 54.5 Å². The Bertz CT molecular complexity index is 1830. The molecule has 49 heavy (non-hydrogen) atoms. The molecule has 1 unspecified atom stereocenters. The zero-order valence-corrected chi connectivity index (χ0v) is 27.7. The highest BCUT2D eigenvalue weighted by molar-refractivity contribution is 7.52. The second-order valence-corrected chi connectivity index (χ2v) is 13.4. The van der Waals surface area contributed by atoms with Gasteiger partial charge in [0, 0.05) is 18.8 Å². The Kier molecular flexibility index (Phi) is 9.36. The van der Waals surface area contributed by atoms with E-state index in [0.29, 0.717) is 24.4 Å². The zero-order chi connectivity index (χ0) is 35.0. The monoisotopic (exact) mass is 698 g/mol. The molecule has 0 bridgehead atoms. The van der Waals surface area contributed by atoms with E-state index in [1.165, 1.54) is 36.8 Å². The number of rotatable bonds is 14. The van der Waals surface area contributed by atoms with Gasteiger partial charge in [0.1, 0.15) is 35.8 Å². The molecule has 2 saturated heterocycles. The molecule has 6 rings (SSSR count). The van der Waals surface area contributed by atoms with Gasteiger partial charge in [0.2, 0.25) is 11.2 Å². The van der Waals surface area contributed by atoms with Crippen LogP contribution in [0.15, 0.2) is 48.8 Å². The van der Waals surface area contributed by atoms with E-state index in [4.69, 9.17) is 38.5 Å². The molecule has 2 aromatic heterocycles. The summed E-state index contributed by atoms with van der Waals surface area (Å²) in [5, 5.41) is 17.5. The topological polar surface area (TPSA) is 225 Å². The fourth-order valence-corrected chi connectivity index (χ4v) is 7.51. The summed E-state index contributed by atoms with van der Waals surface area (Å²) in [7, 11) is -4.66. The molecule has 260 valence electrons. The highest BCUT2D eigenvalue weighted by Crippen LogP contribution is 2.70. The number of nitrogens with zero attached hydrogens (tertiary/aromatic N) is 4. The molecule has 0 radical (unpaired) electrons. The molecule has 3 aromatic rings. The van der Waals surface area contributed by atoms with Gasteiger partial charge >= 0.3 is 25.7 Å². The van der Waals surface area contributed by atoms with Crippen LogP contribution >= 0.6 is 7.75 Å². The van der Waals surface area contributed by atoms with Crippen molar-refractivity contribution in [3.8, 4) is 11.8 Å². The Labute approximate surface area is 280 Å². The van der Waals surface area contributed by atoms with E-state index in [2.05, 4.69) is 15.2 Å². The number of ether oxygens (including phenoxy) is 5. The fraction of sp³-hybridized carbons (Fsp3) is 0.484. The number of hydrogen-bond acceptors (Lipinski definition) is 15. The lowest BCUT2D eigenvalue weighted by Crippen LogP contribution is -2.43. The second kappa shape index (κ2) is 13.4. The van der Waals surface area contributed by atoms with Crippen LogP contribution < -0.4 is 15.3 Å². The number of anilines is 1. The SMILES string of the molecule is CCC(=O)O[C@H]1[C@H](c2ccc3c(N)ncnn23)O[C@]2(C#N)C(O[P@](=O)(N[C@@H](C)C(=O)OCC3COC3)Oc3ccccc3)[C@]12OC(=O)CC. The van der Waals surface area contributed by atoms with Gasteiger partial charge in [-0.25, -0.2) is 14.1 Å². The van der Waals surface area contributed by atoms with Crippen LogP contribution in [0.25, 0.3) is 5.52 Å². The summed E-state index contributed by atoms with van der Waals surface area (Å²) >= 11 is 0. The number of nitrogens with two attached hydrogens (primary N) is 1. The number of nitrogens with one attached hydrogen (secondary N) is 1. The number of carbonyl (C=O) groups is 3. The van der Waals surface area contributed by atoms with Gasteiger partial charge in [0.05, 0.1) is 25.5 Å². The van der Waals surface area contributed by atoms with Crippen LogP contribution in [0.4, 0.5) is 5.82 Å². The molecule has 7 atom stereocenters. The molecule has 3 fully saturated rings. The molecule has 1 saturated carbocycles. The molecule has 18 heteroatoms. The Morgan fingerprint density at radius 1 is 1.16 bits per heavy atom. The van der Waals surface area contributed by atoms with Gasteiger partial charge in [-0.05, 0) is 31.2 Å². The van der Waals surface area contributed by atoms with Crippen molar-refractivity contribution < 1.29 is 51.7 Å². The number of fused-ring (bicyclic) bond motifs is 2. The third kappa shape index (κ3) is 6.11. The maximum absolute atomic E-state index is 14.6. The van der Waals surface area contributed by atoms with Crippen LogP contribution in [0.1, 0.15) is 45.4 Å². The van der Waals surface area contributed by atoms with Gasteiger partial charge in [-0.3, -0.25) is 18.9 Å². The van der Waals surface area contributed by atoms with Crippen LogP contribution in [0.5, 0.6) is 5.75 Å². The third-order valence-electron chi connectivity index (χ3n) is 8.44. The van der Waals surface area contributed by atoms with Crippen LogP contribution in [-0.2, 0) is 47.2 Å². The molecule has 1 aromatic carbocycles. The number of carbonyl (C=O) groups excluding carboxylic acids is 3. The Morgan fingerprint density at radius 3 is 2.55 bits per heavy atom. The second-order valence-electron chi connectivity index (χ2n) is 11.7. The predicted molar refractivity (Wildman–Crippen MR) is 166 cm³/mol. The minimum Gasteiger partial charge on any atom is -0.464 e. The fourth-order valence-electron chi connectivity index (χ4n) is 5.80. The van der Waals surface area contributed by atoms with Crippen molar-refractivity contribution in [3.63, 3.8) is 0 Å². The van der Waals surface area contributed by atoms with E-state index in [0.717, 1.165) is 0 Å². The largest absolute Gasteiger partial charge is 0.464 e. The lowest BCUT2D eigenvalue weighted by molar-refractivity contribution is -0.177. The number of hydrogen-bond donors (Lipinski definition) is 2. The maximum atomic E-state index is 14.6. The van der Waals surface area contributed by atoms with E-state index in [1.54, 1.807) is 37.3 Å². The van der Waals surface area contributed by atoms with Crippen LogP contribution in [0.2, 0.25) is 0 Å². The zero-order valence-electron chi connectivity index (χ0n) is 26.8. The summed E-state index contributed by atoms with van der Waals surface area (Å²) in [6.07, 6.45) is -3.41. The van der Waals surface area contributed by atoms with Crippen molar-refractivity contribution in [1.29, 1.82) is 5.26 Å². The van der Waals surface area contributed by atoms with Gasteiger partial charge in [-0.1, -0.05) is 32.0 Å². The van der Waals surface area contributed by atoms with E-state index < -0.39 is 61.2 Å². The first kappa shape index (κ1) is 34.3. The molecule has 2 aliphatic heterocycles. The highest BCUT2D eigenvalue weighted by atomic mass is 31.2. The van der Waals surface area contributed by atoms with Crippen molar-refractivity contribution in [2.24, 2.45) is 5.92 Å². The summed E-state index contributed by atoms with van der Waals surface area (Å²) in [5.41, 5.74) is 2.41.